The van der Waals surface area contributed by atoms with Gasteiger partial charge in [0.25, 0.3) is 0 Å². The van der Waals surface area contributed by atoms with E-state index in [2.05, 4.69) is 30.9 Å². The monoisotopic (exact) mass is 284 g/mol. The fourth-order valence-corrected chi connectivity index (χ4v) is 3.68. The van der Waals surface area contributed by atoms with Crippen LogP contribution in [0.15, 0.2) is 23.8 Å². The third kappa shape index (κ3) is 3.15. The Balaban J connectivity index is 2.20. The largest absolute Gasteiger partial charge is 0.326 e. The normalized spacial score (nSPS) is 20.6. The van der Waals surface area contributed by atoms with Gasteiger partial charge in [-0.05, 0) is 31.9 Å². The zero-order valence-electron chi connectivity index (χ0n) is 11.0. The van der Waals surface area contributed by atoms with E-state index < -0.39 is 0 Å². The third-order valence-corrected chi connectivity index (χ3v) is 4.93. The quantitative estimate of drug-likeness (QED) is 0.852. The Hall–Kier alpha value is -0.350. The molecule has 100 valence electrons. The van der Waals surface area contributed by atoms with Gasteiger partial charge in [-0.25, -0.2) is 0 Å². The summed E-state index contributed by atoms with van der Waals surface area (Å²) in [5.74, 6) is 0. The lowest BCUT2D eigenvalue weighted by atomic mass is 10.00. The molecule has 1 aliphatic heterocycles. The molecule has 2 unspecified atom stereocenters. The van der Waals surface area contributed by atoms with Crippen molar-refractivity contribution in [1.82, 2.24) is 4.90 Å². The highest BCUT2D eigenvalue weighted by Gasteiger charge is 2.27. The van der Waals surface area contributed by atoms with E-state index in [-0.39, 0.29) is 6.04 Å². The molecule has 0 radical (unpaired) electrons. The van der Waals surface area contributed by atoms with Crippen molar-refractivity contribution in [3.05, 3.63) is 33.0 Å². The average Bonchev–Trinajstić information content (AvgIpc) is 2.78. The van der Waals surface area contributed by atoms with Gasteiger partial charge < -0.3 is 5.73 Å². The van der Waals surface area contributed by atoms with Gasteiger partial charge in [0.05, 0.1) is 10.4 Å². The Labute approximate surface area is 118 Å². The summed E-state index contributed by atoms with van der Waals surface area (Å²) in [4.78, 5) is 3.77. The smallest absolute Gasteiger partial charge is 0.0931 e. The molecule has 0 spiro atoms. The zero-order valence-corrected chi connectivity index (χ0v) is 12.6. The number of nitrogens with two attached hydrogens (primary N) is 1. The predicted octanol–water partition coefficient (Wildman–Crippen LogP) is 3.83. The van der Waals surface area contributed by atoms with Crippen molar-refractivity contribution in [2.24, 2.45) is 5.73 Å². The first kappa shape index (κ1) is 14.1. The zero-order chi connectivity index (χ0) is 13.1. The second-order valence-corrected chi connectivity index (χ2v) is 6.70. The fourth-order valence-electron chi connectivity index (χ4n) is 2.41. The van der Waals surface area contributed by atoms with Crippen molar-refractivity contribution in [2.75, 3.05) is 13.1 Å². The lowest BCUT2D eigenvalue weighted by Gasteiger charge is -2.36. The summed E-state index contributed by atoms with van der Waals surface area (Å²) >= 11 is 7.72. The Morgan fingerprint density at radius 2 is 2.28 bits per heavy atom. The first-order valence-corrected chi connectivity index (χ1v) is 7.71. The van der Waals surface area contributed by atoms with Crippen LogP contribution in [0.2, 0.25) is 4.34 Å². The summed E-state index contributed by atoms with van der Waals surface area (Å²) in [5, 5.41) is 0. The van der Waals surface area contributed by atoms with E-state index in [1.54, 1.807) is 11.3 Å². The van der Waals surface area contributed by atoms with Crippen LogP contribution in [0.4, 0.5) is 0 Å². The van der Waals surface area contributed by atoms with Crippen LogP contribution in [0, 0.1) is 0 Å². The number of hydrogen-bond acceptors (Lipinski definition) is 3. The molecular weight excluding hydrogens is 264 g/mol. The highest BCUT2D eigenvalue weighted by atomic mass is 35.5. The molecule has 1 aromatic rings. The lowest BCUT2D eigenvalue weighted by Crippen LogP contribution is -2.42. The molecular formula is C14H21ClN2S. The van der Waals surface area contributed by atoms with Gasteiger partial charge in [-0.15, -0.1) is 11.3 Å². The van der Waals surface area contributed by atoms with E-state index >= 15 is 0 Å². The van der Waals surface area contributed by atoms with E-state index in [4.69, 9.17) is 17.3 Å². The molecule has 0 aliphatic carbocycles. The summed E-state index contributed by atoms with van der Waals surface area (Å²) in [7, 11) is 0. The topological polar surface area (TPSA) is 29.3 Å². The molecule has 1 aromatic heterocycles. The molecule has 0 saturated carbocycles. The first-order valence-electron chi connectivity index (χ1n) is 6.52. The molecule has 0 saturated heterocycles. The van der Waals surface area contributed by atoms with E-state index in [1.165, 1.54) is 10.5 Å². The highest BCUT2D eigenvalue weighted by molar-refractivity contribution is 7.16. The van der Waals surface area contributed by atoms with E-state index in [0.29, 0.717) is 6.04 Å². The minimum absolute atomic E-state index is 0.173. The van der Waals surface area contributed by atoms with Crippen molar-refractivity contribution < 1.29 is 0 Å². The van der Waals surface area contributed by atoms with E-state index in [0.717, 1.165) is 30.3 Å². The van der Waals surface area contributed by atoms with Crippen LogP contribution < -0.4 is 5.73 Å². The van der Waals surface area contributed by atoms with Crippen molar-refractivity contribution in [1.29, 1.82) is 0 Å². The Bertz CT molecular complexity index is 427. The molecule has 0 fully saturated rings. The van der Waals surface area contributed by atoms with Crippen LogP contribution in [-0.4, -0.2) is 24.0 Å². The molecule has 1 aliphatic rings. The van der Waals surface area contributed by atoms with Gasteiger partial charge in [0.15, 0.2) is 0 Å². The maximum atomic E-state index is 6.33. The Morgan fingerprint density at radius 1 is 1.50 bits per heavy atom. The summed E-state index contributed by atoms with van der Waals surface area (Å²) in [5.41, 5.74) is 7.81. The van der Waals surface area contributed by atoms with Gasteiger partial charge >= 0.3 is 0 Å². The summed E-state index contributed by atoms with van der Waals surface area (Å²) in [6.07, 6.45) is 4.44. The molecule has 0 bridgehead atoms. The molecule has 18 heavy (non-hydrogen) atoms. The Morgan fingerprint density at radius 3 is 2.78 bits per heavy atom. The molecule has 2 atom stereocenters. The van der Waals surface area contributed by atoms with Gasteiger partial charge in [0.2, 0.25) is 0 Å². The van der Waals surface area contributed by atoms with Gasteiger partial charge in [-0.1, -0.05) is 30.2 Å². The van der Waals surface area contributed by atoms with Gasteiger partial charge in [0, 0.05) is 24.0 Å². The number of nitrogens with zero attached hydrogens (tertiary/aromatic N) is 1. The van der Waals surface area contributed by atoms with E-state index in [9.17, 15) is 0 Å². The third-order valence-electron chi connectivity index (χ3n) is 3.62. The molecule has 2 nitrogen and oxygen atoms in total. The van der Waals surface area contributed by atoms with E-state index in [1.807, 2.05) is 6.07 Å². The van der Waals surface area contributed by atoms with Crippen LogP contribution in [0.1, 0.15) is 37.6 Å². The average molecular weight is 285 g/mol. The van der Waals surface area contributed by atoms with Crippen LogP contribution in [-0.2, 0) is 0 Å². The number of hydrogen-bond donors (Lipinski definition) is 1. The summed E-state index contributed by atoms with van der Waals surface area (Å²) in [6, 6.07) is 4.57. The standard InChI is InChI=1S/C14H21ClN2S/c1-3-11(16)14(12-4-5-13(15)18-12)17-8-6-10(2)7-9-17/h4-6,11,14H,3,7-9,16H2,1-2H3. The molecule has 4 heteroatoms. The van der Waals surface area contributed by atoms with Crippen LogP contribution >= 0.6 is 22.9 Å². The Kier molecular flexibility index (Phi) is 4.84. The van der Waals surface area contributed by atoms with Crippen molar-refractivity contribution in [2.45, 2.75) is 38.8 Å². The molecule has 0 aromatic carbocycles. The van der Waals surface area contributed by atoms with Crippen molar-refractivity contribution >= 4 is 22.9 Å². The predicted molar refractivity (Wildman–Crippen MR) is 80.3 cm³/mol. The van der Waals surface area contributed by atoms with Crippen LogP contribution in [0.3, 0.4) is 0 Å². The second kappa shape index (κ2) is 6.20. The van der Waals surface area contributed by atoms with Gasteiger partial charge in [0.1, 0.15) is 0 Å². The summed E-state index contributed by atoms with van der Waals surface area (Å²) in [6.45, 7) is 6.45. The maximum Gasteiger partial charge on any atom is 0.0931 e. The van der Waals surface area contributed by atoms with Crippen molar-refractivity contribution in [3.8, 4) is 0 Å². The maximum absolute atomic E-state index is 6.33. The van der Waals surface area contributed by atoms with Crippen LogP contribution in [0.25, 0.3) is 0 Å². The minimum atomic E-state index is 0.173. The number of halogens is 1. The highest BCUT2D eigenvalue weighted by Crippen LogP contribution is 2.34. The lowest BCUT2D eigenvalue weighted by molar-refractivity contribution is 0.185. The first-order chi connectivity index (χ1) is 8.61. The van der Waals surface area contributed by atoms with Crippen LogP contribution in [0.5, 0.6) is 0 Å². The fraction of sp³-hybridized carbons (Fsp3) is 0.571. The number of rotatable bonds is 4. The molecule has 2 heterocycles. The second-order valence-electron chi connectivity index (χ2n) is 4.95. The molecule has 0 amide bonds. The summed E-state index contributed by atoms with van der Waals surface area (Å²) < 4.78 is 0.849. The minimum Gasteiger partial charge on any atom is -0.326 e. The van der Waals surface area contributed by atoms with Gasteiger partial charge in [-0.3, -0.25) is 4.90 Å². The molecule has 2 N–H and O–H groups in total. The van der Waals surface area contributed by atoms with Gasteiger partial charge in [-0.2, -0.15) is 0 Å². The molecule has 2 rings (SSSR count). The van der Waals surface area contributed by atoms with Crippen molar-refractivity contribution in [3.63, 3.8) is 0 Å². The SMILES string of the molecule is CCC(N)C(c1ccc(Cl)s1)N1CC=C(C)CC1. The number of thiophene rings is 1.